The van der Waals surface area contributed by atoms with E-state index in [0.29, 0.717) is 38.7 Å². The Morgan fingerprint density at radius 3 is 1.75 bits per heavy atom. The van der Waals surface area contributed by atoms with E-state index < -0.39 is 208 Å². The van der Waals surface area contributed by atoms with Gasteiger partial charge in [-0.1, -0.05) is 94.4 Å². The third-order valence-electron chi connectivity index (χ3n) is 21.7. The molecule has 2 heterocycles. The summed E-state index contributed by atoms with van der Waals surface area (Å²) in [7, 11) is 1.75. The van der Waals surface area contributed by atoms with Crippen LogP contribution in [0.4, 0.5) is 9.59 Å². The number of amides is 20. The highest BCUT2D eigenvalue weighted by molar-refractivity contribution is 8.77. The number of hydrogen-bond donors (Lipinski definition) is 24. The summed E-state index contributed by atoms with van der Waals surface area (Å²) < 4.78 is 2.50. The molecular weight excluding hydrogens is 1750 g/mol. The van der Waals surface area contributed by atoms with Crippen molar-refractivity contribution >= 4 is 150 Å². The highest BCUT2D eigenvalue weighted by atomic mass is 33.1. The maximum absolute atomic E-state index is 16.3. The van der Waals surface area contributed by atoms with Crippen molar-refractivity contribution in [3.05, 3.63) is 113 Å². The van der Waals surface area contributed by atoms with Crippen molar-refractivity contribution in [3.63, 3.8) is 0 Å². The number of primary amides is 5. The molecule has 5 aromatic rings. The molecule has 1 aromatic heterocycles. The third kappa shape index (κ3) is 34.4. The van der Waals surface area contributed by atoms with Crippen LogP contribution in [0.3, 0.4) is 0 Å². The van der Waals surface area contributed by atoms with E-state index >= 15 is 28.8 Å². The Balaban J connectivity index is 1.53. The van der Waals surface area contributed by atoms with Crippen molar-refractivity contribution < 1.29 is 96.1 Å². The zero-order valence-electron chi connectivity index (χ0n) is 75.5. The first-order chi connectivity index (χ1) is 62.2. The van der Waals surface area contributed by atoms with Gasteiger partial charge in [-0.2, -0.15) is 0 Å². The van der Waals surface area contributed by atoms with Crippen LogP contribution in [-0.2, 0) is 96.0 Å². The maximum atomic E-state index is 16.3. The van der Waals surface area contributed by atoms with Crippen LogP contribution in [0.25, 0.3) is 21.7 Å². The topological polar surface area (TPSA) is 715 Å². The van der Waals surface area contributed by atoms with E-state index in [1.807, 2.05) is 19.1 Å². The predicted molar refractivity (Wildman–Crippen MR) is 493 cm³/mol. The van der Waals surface area contributed by atoms with E-state index in [9.17, 15) is 62.6 Å². The lowest BCUT2D eigenvalue weighted by molar-refractivity contribution is -0.138. The van der Waals surface area contributed by atoms with Crippen molar-refractivity contribution in [1.82, 2.24) is 84.7 Å². The van der Waals surface area contributed by atoms with E-state index in [1.54, 1.807) is 79.0 Å². The summed E-state index contributed by atoms with van der Waals surface area (Å²) >= 11 is 0. The number of fused-ring (bicyclic) bond motifs is 2. The summed E-state index contributed by atoms with van der Waals surface area (Å²) in [6.07, 6.45) is -3.22. The minimum Gasteiger partial charge on any atom is -0.492 e. The molecule has 43 nitrogen and oxygen atoms in total. The largest absolute Gasteiger partial charge is 0.492 e. The smallest absolute Gasteiger partial charge is 0.312 e. The third-order valence-corrected chi connectivity index (χ3v) is 25.9. The van der Waals surface area contributed by atoms with Gasteiger partial charge in [0.2, 0.25) is 94.5 Å². The Kier molecular flexibility index (Phi) is 42.2. The number of aromatic nitrogens is 1. The summed E-state index contributed by atoms with van der Waals surface area (Å²) in [6, 6.07) is 3.05. The summed E-state index contributed by atoms with van der Waals surface area (Å²) in [5, 5.41) is 52.4. The monoisotopic (exact) mass is 1880 g/mol. The molecule has 722 valence electrons. The molecule has 132 heavy (non-hydrogen) atoms. The molecule has 0 unspecified atom stereocenters. The number of hydrogen-bond acceptors (Lipinski definition) is 24. The molecule has 1 aliphatic heterocycles. The van der Waals surface area contributed by atoms with E-state index in [4.69, 9.17) is 44.9 Å². The van der Waals surface area contributed by atoms with Gasteiger partial charge in [-0.05, 0) is 164 Å². The average Bonchev–Trinajstić information content (AvgIpc) is 1.24. The lowest BCUT2D eigenvalue weighted by Gasteiger charge is -2.39. The normalized spacial score (nSPS) is 19.0. The van der Waals surface area contributed by atoms with Crippen molar-refractivity contribution in [2.75, 3.05) is 39.3 Å². The van der Waals surface area contributed by atoms with Gasteiger partial charge in [0.15, 0.2) is 0 Å². The molecule has 1 aliphatic rings. The fourth-order valence-corrected chi connectivity index (χ4v) is 17.3. The van der Waals surface area contributed by atoms with Gasteiger partial charge in [-0.3, -0.25) is 76.7 Å². The molecular formula is C87H127N23O20S2. The minimum atomic E-state index is -2.06. The van der Waals surface area contributed by atoms with Gasteiger partial charge < -0.3 is 135 Å². The number of aromatic amines is 1. The summed E-state index contributed by atoms with van der Waals surface area (Å²) in [5.74, 6) is -16.0. The molecule has 0 aliphatic carbocycles. The molecule has 45 heteroatoms. The highest BCUT2D eigenvalue weighted by Gasteiger charge is 2.47. The van der Waals surface area contributed by atoms with Crippen LogP contribution in [0.15, 0.2) is 91.1 Å². The van der Waals surface area contributed by atoms with Gasteiger partial charge in [0.05, 0.1) is 18.9 Å². The molecule has 0 bridgehead atoms. The SMILES string of the molecule is CC(=O)NCCCC[C@H](NC(=O)[C@](C)(CCCCN)NC(=O)[C@H](Cc1ccc2ccccc2c1)NC(=O)[C@H](Cc1ccc(OCCN)cc1)NC(=O)[C@H]1NC(=O)[C@H](CCCNC(N)=O)NC(=O)[C@H](Cc2c[nH]c3c(C)cccc23)NC(=O)[C@H]([C@@H](C)O)NC(=O)[C@H](CC(N)=O)NC(=O)[C@@H](NC(C)=O)C(C)(C)SSC1(C)C)C(=O)N[C@@H](CC(N)=O)C(=O)N[C@@H](CCCNC(N)=O)C(N)=O. The molecule has 31 N–H and O–H groups in total. The number of aryl methyl sites for hydroxylation is 1. The van der Waals surface area contributed by atoms with E-state index in [0.717, 1.165) is 46.4 Å². The number of aliphatic hydroxyl groups is 1. The van der Waals surface area contributed by atoms with Crippen LogP contribution in [0.1, 0.15) is 155 Å². The number of unbranched alkanes of at least 4 members (excludes halogenated alkanes) is 2. The first-order valence-corrected chi connectivity index (χ1v) is 45.4. The molecule has 6 rings (SSSR count). The van der Waals surface area contributed by atoms with Gasteiger partial charge in [-0.15, -0.1) is 0 Å². The van der Waals surface area contributed by atoms with Crippen LogP contribution in [0.5, 0.6) is 5.75 Å². The number of nitrogens with two attached hydrogens (primary N) is 7. The Hall–Kier alpha value is -12.9. The maximum Gasteiger partial charge on any atom is 0.312 e. The first kappa shape index (κ1) is 108. The molecule has 20 amide bonds. The molecule has 13 atom stereocenters. The number of aliphatic hydroxyl groups excluding tert-OH is 1. The van der Waals surface area contributed by atoms with E-state index in [2.05, 4.69) is 84.7 Å². The van der Waals surface area contributed by atoms with Crippen molar-refractivity contribution in [2.24, 2.45) is 40.1 Å². The average molecular weight is 1880 g/mol. The number of ether oxygens (including phenoxy) is 1. The number of para-hydroxylation sites is 1. The summed E-state index contributed by atoms with van der Waals surface area (Å²) in [5.41, 5.74) is 40.0. The fourth-order valence-electron chi connectivity index (χ4n) is 14.5. The molecule has 1 fully saturated rings. The lowest BCUT2D eigenvalue weighted by atomic mass is 9.91. The zero-order chi connectivity index (χ0) is 97.9. The Morgan fingerprint density at radius 2 is 1.12 bits per heavy atom. The van der Waals surface area contributed by atoms with E-state index in [-0.39, 0.29) is 122 Å². The van der Waals surface area contributed by atoms with Gasteiger partial charge in [-0.25, -0.2) is 9.59 Å². The Morgan fingerprint density at radius 1 is 0.545 bits per heavy atom. The van der Waals surface area contributed by atoms with E-state index in [1.165, 1.54) is 41.5 Å². The van der Waals surface area contributed by atoms with Gasteiger partial charge >= 0.3 is 12.1 Å². The van der Waals surface area contributed by atoms with Crippen molar-refractivity contribution in [1.29, 1.82) is 0 Å². The number of H-pyrrole nitrogens is 1. The van der Waals surface area contributed by atoms with Crippen molar-refractivity contribution in [3.8, 4) is 5.75 Å². The fraction of sp³-hybridized carbons (Fsp3) is 0.517. The predicted octanol–water partition coefficient (Wildman–Crippen LogP) is -2.88. The second-order valence-corrected chi connectivity index (χ2v) is 37.1. The van der Waals surface area contributed by atoms with Crippen LogP contribution in [0.2, 0.25) is 0 Å². The van der Waals surface area contributed by atoms with Crippen LogP contribution in [0, 0.1) is 6.92 Å². The van der Waals surface area contributed by atoms with Crippen molar-refractivity contribution in [2.45, 2.75) is 246 Å². The van der Waals surface area contributed by atoms with Gasteiger partial charge in [0.25, 0.3) is 0 Å². The molecule has 0 spiro atoms. The highest BCUT2D eigenvalue weighted by Crippen LogP contribution is 2.47. The number of rotatable bonds is 45. The van der Waals surface area contributed by atoms with Gasteiger partial charge in [0.1, 0.15) is 84.4 Å². The minimum absolute atomic E-state index is 0.0273. The van der Waals surface area contributed by atoms with Crippen LogP contribution < -0.4 is 125 Å². The Labute approximate surface area is 771 Å². The van der Waals surface area contributed by atoms with Gasteiger partial charge in [0, 0.05) is 85.9 Å². The first-order valence-electron chi connectivity index (χ1n) is 43.3. The number of benzene rings is 4. The molecule has 4 aromatic carbocycles. The standard InChI is InChI=1S/C87H127N23O20S2/c1-46-19-16-22-56-54(45-98-67(46)56)42-62-75(120)101-58(25-18-37-97-84(94)129)73(118)109-70(86(7,8)132-131-85(5,6)69(99-49(4)113)80(125)106-64(44-66(91)115)77(122)108-68(47(2)111)79(124)104-62)81(126)105-60(40-50-27-30-55(31-28-50)130-38-34-89)74(119)102-61(41-51-26-29-52-20-10-11-21-53(52)39-51)78(123)110-87(9,32-13-14-33-88)82(127)107-59(23-12-15-35-95-48(3)112)72(117)103-63(43-65(90)114)76(121)100-57(71(92)116)24-17-36-96-83(93)128/h10-11,16,19-22,26-31,39,45,47,57-64,68-70,98,111H,12-15,17-18,23-25,32-38,40-44,88-89H2,1-9H3,(H2,90,114)(H2,91,115)(H2,92,116)(H,95,112)(H,99,113)(H,100,121)(H,101,120)(H,102,119)(H,103,117)(H,104,124)(H,105,126)(H,106,125)(H,107,127)(H,108,122)(H,109,118)(H,110,123)(H3,93,96,128)(H3,94,97,129)/t47-,57+,58+,59+,60+,61+,62+,63+,64+,68+,69-,70-,87+/m1/s1. The lowest BCUT2D eigenvalue weighted by Crippen LogP contribution is -2.65. The number of urea groups is 2. The second-order valence-electron chi connectivity index (χ2n) is 33.7. The van der Waals surface area contributed by atoms with Crippen LogP contribution in [-0.4, -0.2) is 244 Å². The quantitative estimate of drug-likeness (QED) is 0.0138. The van der Waals surface area contributed by atoms with Crippen LogP contribution >= 0.6 is 21.6 Å². The Bertz CT molecular complexity index is 4940. The number of carbonyl (C=O) groups is 18. The summed E-state index contributed by atoms with van der Waals surface area (Å²) in [4.78, 5) is 258. The zero-order valence-corrected chi connectivity index (χ0v) is 77.1. The molecule has 0 saturated carbocycles. The second kappa shape index (κ2) is 51.6. The number of nitrogens with one attached hydrogen (secondary N) is 16. The molecule has 1 saturated heterocycles. The molecule has 0 radical (unpaired) electrons. The summed E-state index contributed by atoms with van der Waals surface area (Å²) in [6.45, 7) is 12.9. The number of carbonyl (C=O) groups excluding carboxylic acids is 18.